The van der Waals surface area contributed by atoms with Gasteiger partial charge in [-0.15, -0.1) is 0 Å². The summed E-state index contributed by atoms with van der Waals surface area (Å²) < 4.78 is 11.0. The van der Waals surface area contributed by atoms with E-state index in [1.165, 1.54) is 16.7 Å². The van der Waals surface area contributed by atoms with Crippen LogP contribution in [0.2, 0.25) is 0 Å². The van der Waals surface area contributed by atoms with Gasteiger partial charge in [0.1, 0.15) is 18.5 Å². The number of nitrogens with zero attached hydrogens (tertiary/aromatic N) is 1. The van der Waals surface area contributed by atoms with Crippen LogP contribution in [-0.4, -0.2) is 49.5 Å². The molecule has 1 N–H and O–H groups in total. The van der Waals surface area contributed by atoms with Crippen LogP contribution in [0, 0.1) is 20.8 Å². The minimum absolute atomic E-state index is 0.279. The lowest BCUT2D eigenvalue weighted by molar-refractivity contribution is 0.0540. The van der Waals surface area contributed by atoms with E-state index < -0.39 is 6.10 Å². The van der Waals surface area contributed by atoms with Crippen LogP contribution in [0.25, 0.3) is 0 Å². The number of hydrogen-bond acceptors (Lipinski definition) is 4. The van der Waals surface area contributed by atoms with E-state index in [4.69, 9.17) is 9.47 Å². The van der Waals surface area contributed by atoms with Crippen molar-refractivity contribution in [3.63, 3.8) is 0 Å². The fourth-order valence-electron chi connectivity index (χ4n) is 2.92. The van der Waals surface area contributed by atoms with Crippen LogP contribution < -0.4 is 4.74 Å². The Bertz CT molecular complexity index is 687. The number of benzene rings is 2. The standard InChI is InChI=1S/C22H31NO3/c1-17-9-10-18(2)20(13-17)14-23(11-12-25-4)15-21(24)16-26-22-8-6-5-7-19(22)3/h5-10,13,21,24H,11-12,14-16H2,1-4H3/t21-/m0/s1. The van der Waals surface area contributed by atoms with Gasteiger partial charge in [-0.25, -0.2) is 0 Å². The van der Waals surface area contributed by atoms with Crippen molar-refractivity contribution < 1.29 is 14.6 Å². The molecule has 0 fully saturated rings. The third-order valence-corrected chi connectivity index (χ3v) is 4.50. The molecule has 26 heavy (non-hydrogen) atoms. The molecule has 0 bridgehead atoms. The maximum atomic E-state index is 10.5. The van der Waals surface area contributed by atoms with Gasteiger partial charge in [0.2, 0.25) is 0 Å². The summed E-state index contributed by atoms with van der Waals surface area (Å²) >= 11 is 0. The highest BCUT2D eigenvalue weighted by Crippen LogP contribution is 2.17. The smallest absolute Gasteiger partial charge is 0.122 e. The highest BCUT2D eigenvalue weighted by Gasteiger charge is 2.14. The zero-order chi connectivity index (χ0) is 18.9. The van der Waals surface area contributed by atoms with Crippen molar-refractivity contribution in [1.82, 2.24) is 4.90 Å². The molecule has 4 heteroatoms. The molecule has 2 rings (SSSR count). The van der Waals surface area contributed by atoms with Gasteiger partial charge in [0, 0.05) is 26.7 Å². The van der Waals surface area contributed by atoms with Crippen LogP contribution in [-0.2, 0) is 11.3 Å². The van der Waals surface area contributed by atoms with Crippen LogP contribution in [0.3, 0.4) is 0 Å². The Morgan fingerprint density at radius 3 is 2.54 bits per heavy atom. The maximum absolute atomic E-state index is 10.5. The van der Waals surface area contributed by atoms with Gasteiger partial charge in [-0.1, -0.05) is 42.0 Å². The second-order valence-electron chi connectivity index (χ2n) is 6.89. The Morgan fingerprint density at radius 1 is 1.04 bits per heavy atom. The van der Waals surface area contributed by atoms with Crippen molar-refractivity contribution in [3.05, 3.63) is 64.7 Å². The molecular weight excluding hydrogens is 326 g/mol. The maximum Gasteiger partial charge on any atom is 0.122 e. The Labute approximate surface area is 157 Å². The van der Waals surface area contributed by atoms with Gasteiger partial charge in [0.25, 0.3) is 0 Å². The number of methoxy groups -OCH3 is 1. The Morgan fingerprint density at radius 2 is 1.81 bits per heavy atom. The highest BCUT2D eigenvalue weighted by atomic mass is 16.5. The number of aliphatic hydroxyl groups excluding tert-OH is 1. The second kappa shape index (κ2) is 10.3. The molecule has 0 saturated heterocycles. The first-order valence-electron chi connectivity index (χ1n) is 9.13. The zero-order valence-corrected chi connectivity index (χ0v) is 16.4. The van der Waals surface area contributed by atoms with E-state index >= 15 is 0 Å². The van der Waals surface area contributed by atoms with E-state index in [1.807, 2.05) is 31.2 Å². The molecule has 0 aliphatic heterocycles. The average molecular weight is 357 g/mol. The van der Waals surface area contributed by atoms with Crippen molar-refractivity contribution in [2.45, 2.75) is 33.4 Å². The molecule has 2 aromatic rings. The molecule has 0 spiro atoms. The summed E-state index contributed by atoms with van der Waals surface area (Å²) in [7, 11) is 1.70. The Kier molecular flexibility index (Phi) is 8.10. The molecule has 0 unspecified atom stereocenters. The number of ether oxygens (including phenoxy) is 2. The summed E-state index contributed by atoms with van der Waals surface area (Å²) in [6.07, 6.45) is -0.559. The second-order valence-corrected chi connectivity index (χ2v) is 6.89. The Hall–Kier alpha value is -1.88. The van der Waals surface area contributed by atoms with E-state index in [1.54, 1.807) is 7.11 Å². The quantitative estimate of drug-likeness (QED) is 0.707. The third kappa shape index (κ3) is 6.45. The number of aliphatic hydroxyl groups is 1. The minimum Gasteiger partial charge on any atom is -0.491 e. The molecule has 0 saturated carbocycles. The van der Waals surface area contributed by atoms with Gasteiger partial charge < -0.3 is 14.6 Å². The first-order valence-corrected chi connectivity index (χ1v) is 9.13. The van der Waals surface area contributed by atoms with Gasteiger partial charge in [0.05, 0.1) is 6.61 Å². The summed E-state index contributed by atoms with van der Waals surface area (Å²) in [6.45, 7) is 9.25. The lowest BCUT2D eigenvalue weighted by Crippen LogP contribution is -2.37. The largest absolute Gasteiger partial charge is 0.491 e. The fraction of sp³-hybridized carbons (Fsp3) is 0.455. The van der Waals surface area contributed by atoms with Gasteiger partial charge in [0.15, 0.2) is 0 Å². The summed E-state index contributed by atoms with van der Waals surface area (Å²) in [4.78, 5) is 2.22. The number of hydrogen-bond donors (Lipinski definition) is 1. The normalized spacial score (nSPS) is 12.4. The van der Waals surface area contributed by atoms with Crippen LogP contribution in [0.4, 0.5) is 0 Å². The average Bonchev–Trinajstić information content (AvgIpc) is 2.62. The van der Waals surface area contributed by atoms with Gasteiger partial charge >= 0.3 is 0 Å². The van der Waals surface area contributed by atoms with Crippen LogP contribution in [0.5, 0.6) is 5.75 Å². The molecule has 0 aromatic heterocycles. The summed E-state index contributed by atoms with van der Waals surface area (Å²) in [6, 6.07) is 14.4. The lowest BCUT2D eigenvalue weighted by Gasteiger charge is -2.26. The van der Waals surface area contributed by atoms with Crippen LogP contribution in [0.15, 0.2) is 42.5 Å². The first-order chi connectivity index (χ1) is 12.5. The van der Waals surface area contributed by atoms with Gasteiger partial charge in [-0.2, -0.15) is 0 Å². The van der Waals surface area contributed by atoms with Crippen molar-refractivity contribution in [1.29, 1.82) is 0 Å². The monoisotopic (exact) mass is 357 g/mol. The molecule has 0 amide bonds. The molecule has 0 aliphatic carbocycles. The molecular formula is C22H31NO3. The van der Waals surface area contributed by atoms with Crippen molar-refractivity contribution in [2.24, 2.45) is 0 Å². The van der Waals surface area contributed by atoms with Gasteiger partial charge in [-0.05, 0) is 43.5 Å². The molecule has 0 heterocycles. The molecule has 0 aliphatic rings. The molecule has 142 valence electrons. The summed E-state index contributed by atoms with van der Waals surface area (Å²) in [5.41, 5.74) is 4.88. The van der Waals surface area contributed by atoms with Crippen molar-refractivity contribution in [2.75, 3.05) is 33.4 Å². The SMILES string of the molecule is COCCN(Cc1cc(C)ccc1C)C[C@H](O)COc1ccccc1C. The number of rotatable bonds is 10. The predicted octanol–water partition coefficient (Wildman–Crippen LogP) is 3.50. The molecule has 4 nitrogen and oxygen atoms in total. The van der Waals surface area contributed by atoms with E-state index in [9.17, 15) is 5.11 Å². The predicted molar refractivity (Wildman–Crippen MR) is 106 cm³/mol. The lowest BCUT2D eigenvalue weighted by atomic mass is 10.1. The van der Waals surface area contributed by atoms with E-state index in [0.29, 0.717) is 13.2 Å². The minimum atomic E-state index is -0.559. The van der Waals surface area contributed by atoms with E-state index in [2.05, 4.69) is 36.9 Å². The van der Waals surface area contributed by atoms with E-state index in [0.717, 1.165) is 24.4 Å². The zero-order valence-electron chi connectivity index (χ0n) is 16.4. The van der Waals surface area contributed by atoms with Crippen LogP contribution >= 0.6 is 0 Å². The van der Waals surface area contributed by atoms with Crippen molar-refractivity contribution >= 4 is 0 Å². The van der Waals surface area contributed by atoms with Crippen LogP contribution in [0.1, 0.15) is 22.3 Å². The fourth-order valence-corrected chi connectivity index (χ4v) is 2.92. The topological polar surface area (TPSA) is 41.9 Å². The highest BCUT2D eigenvalue weighted by molar-refractivity contribution is 5.32. The van der Waals surface area contributed by atoms with Gasteiger partial charge in [-0.3, -0.25) is 4.90 Å². The number of aryl methyl sites for hydroxylation is 3. The molecule has 2 aromatic carbocycles. The Balaban J connectivity index is 1.95. The molecule has 1 atom stereocenters. The van der Waals surface area contributed by atoms with Crippen molar-refractivity contribution in [3.8, 4) is 5.75 Å². The third-order valence-electron chi connectivity index (χ3n) is 4.50. The summed E-state index contributed by atoms with van der Waals surface area (Å²) in [5.74, 6) is 0.824. The molecule has 0 radical (unpaired) electrons. The first kappa shape index (κ1) is 20.4. The summed E-state index contributed by atoms with van der Waals surface area (Å²) in [5, 5.41) is 10.5. The number of para-hydroxylation sites is 1. The van der Waals surface area contributed by atoms with E-state index in [-0.39, 0.29) is 6.61 Å².